The second-order valence-corrected chi connectivity index (χ2v) is 4.77. The summed E-state index contributed by atoms with van der Waals surface area (Å²) in [6, 6.07) is 3.41. The number of rotatable bonds is 4. The summed E-state index contributed by atoms with van der Waals surface area (Å²) in [4.78, 5) is 29.5. The Morgan fingerprint density at radius 1 is 1.50 bits per heavy atom. The van der Waals surface area contributed by atoms with Crippen molar-refractivity contribution in [1.82, 2.24) is 15.2 Å². The molecule has 6 heteroatoms. The normalized spacial score (nSPS) is 18.8. The van der Waals surface area contributed by atoms with Gasteiger partial charge in [-0.25, -0.2) is 4.79 Å². The maximum absolute atomic E-state index is 11.8. The summed E-state index contributed by atoms with van der Waals surface area (Å²) >= 11 is 0. The van der Waals surface area contributed by atoms with Crippen molar-refractivity contribution in [2.75, 3.05) is 20.7 Å². The van der Waals surface area contributed by atoms with Crippen LogP contribution in [-0.2, 0) is 16.1 Å². The molecule has 1 aliphatic rings. The third-order valence-electron chi connectivity index (χ3n) is 3.52. The van der Waals surface area contributed by atoms with E-state index in [-0.39, 0.29) is 11.9 Å². The molecule has 1 atom stereocenters. The Kier molecular flexibility index (Phi) is 4.68. The zero-order chi connectivity index (χ0) is 14.5. The molecule has 20 heavy (non-hydrogen) atoms. The Bertz CT molecular complexity index is 487. The first-order chi connectivity index (χ1) is 9.65. The Morgan fingerprint density at radius 3 is 2.90 bits per heavy atom. The van der Waals surface area contributed by atoms with Gasteiger partial charge >= 0.3 is 5.97 Å². The van der Waals surface area contributed by atoms with Gasteiger partial charge in [-0.05, 0) is 31.5 Å². The Morgan fingerprint density at radius 2 is 2.30 bits per heavy atom. The lowest BCUT2D eigenvalue weighted by Crippen LogP contribution is -2.41. The fourth-order valence-electron chi connectivity index (χ4n) is 2.44. The van der Waals surface area contributed by atoms with Crippen LogP contribution in [-0.4, -0.2) is 48.5 Å². The number of nitrogens with one attached hydrogen (secondary N) is 1. The zero-order valence-corrected chi connectivity index (χ0v) is 11.8. The van der Waals surface area contributed by atoms with Crippen LogP contribution in [0.1, 0.15) is 28.9 Å². The molecule has 108 valence electrons. The van der Waals surface area contributed by atoms with Crippen molar-refractivity contribution < 1.29 is 14.3 Å². The van der Waals surface area contributed by atoms with Crippen LogP contribution in [0.15, 0.2) is 18.3 Å². The van der Waals surface area contributed by atoms with Crippen LogP contribution < -0.4 is 5.32 Å². The molecule has 1 aromatic rings. The number of pyridine rings is 1. The quantitative estimate of drug-likeness (QED) is 0.815. The van der Waals surface area contributed by atoms with Crippen molar-refractivity contribution >= 4 is 11.9 Å². The number of aromatic nitrogens is 1. The highest BCUT2D eigenvalue weighted by atomic mass is 16.5. The molecule has 1 fully saturated rings. The summed E-state index contributed by atoms with van der Waals surface area (Å²) in [5.41, 5.74) is 1.27. The van der Waals surface area contributed by atoms with Gasteiger partial charge in [0.15, 0.2) is 0 Å². The van der Waals surface area contributed by atoms with E-state index in [0.29, 0.717) is 12.1 Å². The maximum Gasteiger partial charge on any atom is 0.339 e. The number of hydrogen-bond donors (Lipinski definition) is 1. The highest BCUT2D eigenvalue weighted by molar-refractivity contribution is 5.88. The van der Waals surface area contributed by atoms with Crippen molar-refractivity contribution in [2.45, 2.75) is 25.4 Å². The Labute approximate surface area is 118 Å². The molecule has 1 N–H and O–H groups in total. The molecule has 2 heterocycles. The van der Waals surface area contributed by atoms with E-state index < -0.39 is 5.97 Å². The average molecular weight is 277 g/mol. The molecule has 1 aromatic heterocycles. The lowest BCUT2D eigenvalue weighted by Gasteiger charge is -2.22. The molecule has 0 radical (unpaired) electrons. The first kappa shape index (κ1) is 14.5. The molecule has 1 amide bonds. The smallest absolute Gasteiger partial charge is 0.339 e. The van der Waals surface area contributed by atoms with Gasteiger partial charge in [-0.3, -0.25) is 14.7 Å². The van der Waals surface area contributed by atoms with Crippen molar-refractivity contribution in [1.29, 1.82) is 0 Å². The molecule has 1 aliphatic heterocycles. The standard InChI is InChI=1S/C14H19N3O3/c1-15-13(18)12-4-3-7-17(12)9-11-6-5-10(8-16-11)14(19)20-2/h5-6,8,12H,3-4,7,9H2,1-2H3,(H,15,18). The highest BCUT2D eigenvalue weighted by Gasteiger charge is 2.30. The molecule has 0 aliphatic carbocycles. The van der Waals surface area contributed by atoms with Crippen LogP contribution in [0.2, 0.25) is 0 Å². The largest absolute Gasteiger partial charge is 0.465 e. The van der Waals surface area contributed by atoms with Crippen LogP contribution in [0.5, 0.6) is 0 Å². The number of methoxy groups -OCH3 is 1. The molecule has 0 bridgehead atoms. The minimum absolute atomic E-state index is 0.0497. The van der Waals surface area contributed by atoms with E-state index >= 15 is 0 Å². The molecule has 0 saturated carbocycles. The van der Waals surface area contributed by atoms with Gasteiger partial charge in [-0.15, -0.1) is 0 Å². The number of esters is 1. The van der Waals surface area contributed by atoms with E-state index in [1.165, 1.54) is 13.3 Å². The van der Waals surface area contributed by atoms with Crippen LogP contribution >= 0.6 is 0 Å². The number of hydrogen-bond acceptors (Lipinski definition) is 5. The van der Waals surface area contributed by atoms with E-state index in [9.17, 15) is 9.59 Å². The SMILES string of the molecule is CNC(=O)C1CCCN1Cc1ccc(C(=O)OC)cn1. The van der Waals surface area contributed by atoms with E-state index in [0.717, 1.165) is 25.1 Å². The molecule has 1 unspecified atom stereocenters. The van der Waals surface area contributed by atoms with Gasteiger partial charge in [0.25, 0.3) is 0 Å². The van der Waals surface area contributed by atoms with Crippen molar-refractivity contribution in [3.8, 4) is 0 Å². The van der Waals surface area contributed by atoms with Gasteiger partial charge in [0.2, 0.25) is 5.91 Å². The molecule has 1 saturated heterocycles. The summed E-state index contributed by atoms with van der Waals surface area (Å²) in [7, 11) is 3.00. The fourth-order valence-corrected chi connectivity index (χ4v) is 2.44. The number of likely N-dealkylation sites (N-methyl/N-ethyl adjacent to an activating group) is 1. The second-order valence-electron chi connectivity index (χ2n) is 4.77. The summed E-state index contributed by atoms with van der Waals surface area (Å²) < 4.78 is 4.63. The van der Waals surface area contributed by atoms with Crippen molar-refractivity contribution in [3.05, 3.63) is 29.6 Å². The number of nitrogens with zero attached hydrogens (tertiary/aromatic N) is 2. The van der Waals surface area contributed by atoms with Gasteiger partial charge in [-0.2, -0.15) is 0 Å². The number of carbonyl (C=O) groups excluding carboxylic acids is 2. The third kappa shape index (κ3) is 3.14. The van der Waals surface area contributed by atoms with E-state index in [1.807, 2.05) is 0 Å². The third-order valence-corrected chi connectivity index (χ3v) is 3.52. The number of carbonyl (C=O) groups is 2. The maximum atomic E-state index is 11.8. The molecule has 2 rings (SSSR count). The number of amides is 1. The molecular weight excluding hydrogens is 258 g/mol. The summed E-state index contributed by atoms with van der Waals surface area (Å²) in [6.45, 7) is 1.50. The molecule has 0 aromatic carbocycles. The lowest BCUT2D eigenvalue weighted by atomic mass is 10.2. The van der Waals surface area contributed by atoms with E-state index in [2.05, 4.69) is 19.9 Å². The Hall–Kier alpha value is -1.95. The zero-order valence-electron chi connectivity index (χ0n) is 11.8. The number of likely N-dealkylation sites (tertiary alicyclic amines) is 1. The van der Waals surface area contributed by atoms with Crippen LogP contribution in [0.3, 0.4) is 0 Å². The van der Waals surface area contributed by atoms with Crippen molar-refractivity contribution in [2.24, 2.45) is 0 Å². The molecular formula is C14H19N3O3. The van der Waals surface area contributed by atoms with Gasteiger partial charge in [0.1, 0.15) is 0 Å². The first-order valence-corrected chi connectivity index (χ1v) is 6.64. The van der Waals surface area contributed by atoms with Gasteiger partial charge in [0.05, 0.1) is 24.4 Å². The van der Waals surface area contributed by atoms with Crippen molar-refractivity contribution in [3.63, 3.8) is 0 Å². The van der Waals surface area contributed by atoms with Crippen LogP contribution in [0, 0.1) is 0 Å². The van der Waals surface area contributed by atoms with Gasteiger partial charge in [0, 0.05) is 19.8 Å². The Balaban J connectivity index is 2.02. The van der Waals surface area contributed by atoms with Crippen LogP contribution in [0.4, 0.5) is 0 Å². The summed E-state index contributed by atoms with van der Waals surface area (Å²) in [5.74, 6) is -0.345. The minimum atomic E-state index is -0.395. The van der Waals surface area contributed by atoms with Gasteiger partial charge < -0.3 is 10.1 Å². The predicted octanol–water partition coefficient (Wildman–Crippen LogP) is 0.579. The minimum Gasteiger partial charge on any atom is -0.465 e. The highest BCUT2D eigenvalue weighted by Crippen LogP contribution is 2.19. The number of ether oxygens (including phenoxy) is 1. The average Bonchev–Trinajstić information content (AvgIpc) is 2.94. The van der Waals surface area contributed by atoms with E-state index in [4.69, 9.17) is 0 Å². The topological polar surface area (TPSA) is 71.5 Å². The fraction of sp³-hybridized carbons (Fsp3) is 0.500. The monoisotopic (exact) mass is 277 g/mol. The van der Waals surface area contributed by atoms with Gasteiger partial charge in [-0.1, -0.05) is 0 Å². The molecule has 6 nitrogen and oxygen atoms in total. The molecule has 0 spiro atoms. The second kappa shape index (κ2) is 6.47. The summed E-state index contributed by atoms with van der Waals surface area (Å²) in [5, 5.41) is 2.69. The van der Waals surface area contributed by atoms with Crippen LogP contribution in [0.25, 0.3) is 0 Å². The predicted molar refractivity (Wildman–Crippen MR) is 73.1 cm³/mol. The first-order valence-electron chi connectivity index (χ1n) is 6.64. The van der Waals surface area contributed by atoms with E-state index in [1.54, 1.807) is 19.2 Å². The summed E-state index contributed by atoms with van der Waals surface area (Å²) in [6.07, 6.45) is 3.39. The lowest BCUT2D eigenvalue weighted by molar-refractivity contribution is -0.125.